The molecule has 0 fully saturated rings. The lowest BCUT2D eigenvalue weighted by Gasteiger charge is -2.42. The molecule has 0 bridgehead atoms. The smallest absolute Gasteiger partial charge is 0.264 e. The molecule has 0 aromatic heterocycles. The van der Waals surface area contributed by atoms with E-state index in [-0.39, 0.29) is 16.2 Å². The number of thioether (sulfide) groups is 1. The molecule has 0 saturated heterocycles. The molecular weight excluding hydrogens is 403 g/mol. The largest absolute Gasteiger partial charge is 0.356 e. The molecule has 1 aliphatic rings. The Morgan fingerprint density at radius 1 is 1.24 bits per heavy atom. The van der Waals surface area contributed by atoms with E-state index in [2.05, 4.69) is 42.0 Å². The zero-order valence-corrected chi connectivity index (χ0v) is 17.7. The third kappa shape index (κ3) is 3.67. The summed E-state index contributed by atoms with van der Waals surface area (Å²) in [6.07, 6.45) is 2.58. The molecule has 138 valence electrons. The van der Waals surface area contributed by atoms with Crippen molar-refractivity contribution in [3.05, 3.63) is 45.3 Å². The molecule has 3 N–H and O–H groups in total. The van der Waals surface area contributed by atoms with Crippen LogP contribution in [-0.2, 0) is 15.9 Å². The Bertz CT molecular complexity index is 682. The van der Waals surface area contributed by atoms with E-state index in [9.17, 15) is 4.79 Å². The Labute approximate surface area is 162 Å². The maximum atomic E-state index is 16.3. The van der Waals surface area contributed by atoms with Gasteiger partial charge >= 0.3 is 0 Å². The van der Waals surface area contributed by atoms with Crippen LogP contribution in [0.15, 0.2) is 34.2 Å². The van der Waals surface area contributed by atoms with Crippen molar-refractivity contribution in [2.75, 3.05) is 7.05 Å². The van der Waals surface area contributed by atoms with Gasteiger partial charge in [0.1, 0.15) is 0 Å². The fourth-order valence-corrected chi connectivity index (χ4v) is 5.01. The van der Waals surface area contributed by atoms with Gasteiger partial charge in [-0.3, -0.25) is 4.79 Å². The minimum Gasteiger partial charge on any atom is -0.356 e. The fraction of sp³-hybridized carbons (Fsp3) is 0.526. The van der Waals surface area contributed by atoms with Crippen LogP contribution < -0.4 is 11.1 Å². The molecule has 0 aliphatic carbocycles. The summed E-state index contributed by atoms with van der Waals surface area (Å²) >= 11 is 4.89. The van der Waals surface area contributed by atoms with Gasteiger partial charge in [-0.1, -0.05) is 51.1 Å². The number of benzene rings is 1. The minimum atomic E-state index is -2.33. The van der Waals surface area contributed by atoms with Crippen LogP contribution in [-0.4, -0.2) is 23.7 Å². The molecule has 2 unspecified atom stereocenters. The fourth-order valence-electron chi connectivity index (χ4n) is 3.08. The predicted octanol–water partition coefficient (Wildman–Crippen LogP) is 4.35. The van der Waals surface area contributed by atoms with Gasteiger partial charge in [0, 0.05) is 21.7 Å². The van der Waals surface area contributed by atoms with E-state index in [1.54, 1.807) is 19.1 Å². The van der Waals surface area contributed by atoms with Gasteiger partial charge in [-0.2, -0.15) is 0 Å². The number of hydrogen-bond donors (Lipinski definition) is 2. The number of nitrogens with two attached hydrogens (primary N) is 1. The molecule has 0 radical (unpaired) electrons. The Hall–Kier alpha value is -0.850. The van der Waals surface area contributed by atoms with Crippen LogP contribution in [0, 0.1) is 0 Å². The third-order valence-electron chi connectivity index (χ3n) is 4.85. The number of halogens is 2. The number of likely N-dealkylation sites (N-methyl/N-ethyl adjacent to an activating group) is 1. The van der Waals surface area contributed by atoms with Crippen molar-refractivity contribution in [3.63, 3.8) is 0 Å². The summed E-state index contributed by atoms with van der Waals surface area (Å²) in [7, 11) is 1.44. The molecule has 3 atom stereocenters. The lowest BCUT2D eigenvalue weighted by atomic mass is 9.73. The summed E-state index contributed by atoms with van der Waals surface area (Å²) < 4.78 is 17.2. The molecule has 1 aromatic carbocycles. The Morgan fingerprint density at radius 2 is 1.76 bits per heavy atom. The second-order valence-electron chi connectivity index (χ2n) is 7.70. The van der Waals surface area contributed by atoms with Gasteiger partial charge in [-0.15, -0.1) is 11.8 Å². The zero-order chi connectivity index (χ0) is 19.0. The van der Waals surface area contributed by atoms with Crippen LogP contribution in [0.4, 0.5) is 4.39 Å². The van der Waals surface area contributed by atoms with Crippen LogP contribution in [0.1, 0.15) is 45.2 Å². The van der Waals surface area contributed by atoms with Gasteiger partial charge in [-0.25, -0.2) is 4.39 Å². The molecule has 1 aliphatic heterocycles. The third-order valence-corrected chi connectivity index (χ3v) is 7.09. The first kappa shape index (κ1) is 20.5. The second kappa shape index (κ2) is 7.05. The first-order valence-corrected chi connectivity index (χ1v) is 9.95. The maximum absolute atomic E-state index is 16.3. The van der Waals surface area contributed by atoms with E-state index in [0.29, 0.717) is 6.42 Å². The van der Waals surface area contributed by atoms with Gasteiger partial charge in [0.25, 0.3) is 5.91 Å². The average Bonchev–Trinajstić information content (AvgIpc) is 2.99. The molecule has 0 spiro atoms. The highest BCUT2D eigenvalue weighted by molar-refractivity contribution is 9.14. The number of carbonyl (C=O) groups is 1. The highest BCUT2D eigenvalue weighted by Crippen LogP contribution is 2.48. The second-order valence-corrected chi connectivity index (χ2v) is 10.3. The monoisotopic (exact) mass is 428 g/mol. The Balaban J connectivity index is 2.49. The highest BCUT2D eigenvalue weighted by Gasteiger charge is 2.58. The molecule has 2 rings (SSSR count). The molecular formula is C19H26BrFN2OS. The summed E-state index contributed by atoms with van der Waals surface area (Å²) in [5.74, 6) is -0.718. The molecule has 3 nitrogen and oxygen atoms in total. The van der Waals surface area contributed by atoms with E-state index in [1.165, 1.54) is 18.8 Å². The van der Waals surface area contributed by atoms with Crippen molar-refractivity contribution >= 4 is 33.6 Å². The molecule has 1 aromatic rings. The van der Waals surface area contributed by atoms with Crippen LogP contribution >= 0.6 is 27.7 Å². The van der Waals surface area contributed by atoms with Gasteiger partial charge in [0.05, 0.1) is 5.54 Å². The number of amides is 1. The maximum Gasteiger partial charge on any atom is 0.264 e. The molecule has 6 heteroatoms. The van der Waals surface area contributed by atoms with E-state index < -0.39 is 17.1 Å². The van der Waals surface area contributed by atoms with Crippen molar-refractivity contribution in [1.82, 2.24) is 5.32 Å². The van der Waals surface area contributed by atoms with E-state index in [1.807, 2.05) is 18.2 Å². The summed E-state index contributed by atoms with van der Waals surface area (Å²) in [4.78, 5) is 12.6. The Morgan fingerprint density at radius 3 is 2.16 bits per heavy atom. The van der Waals surface area contributed by atoms with Gasteiger partial charge < -0.3 is 11.1 Å². The lowest BCUT2D eigenvalue weighted by Crippen LogP contribution is -2.65. The topological polar surface area (TPSA) is 55.1 Å². The van der Waals surface area contributed by atoms with Crippen molar-refractivity contribution in [2.45, 2.75) is 56.0 Å². The van der Waals surface area contributed by atoms with E-state index in [4.69, 9.17) is 5.73 Å². The standard InChI is InChI=1S/C19H26BrFN2OS/c1-17(2,3)12-6-8-13(9-7-12)19(21,16(24)23-5)18(4,22)14-10-11-15(20)25-14/h6-9,11,14H,10,22H2,1-5H3,(H,23,24)/t14?,18-,19?/m1/s1. The predicted molar refractivity (Wildman–Crippen MR) is 108 cm³/mol. The summed E-state index contributed by atoms with van der Waals surface area (Å²) in [6.45, 7) is 7.90. The van der Waals surface area contributed by atoms with Crippen LogP contribution in [0.3, 0.4) is 0 Å². The normalized spacial score (nSPS) is 22.7. The summed E-state index contributed by atoms with van der Waals surface area (Å²) in [5, 5.41) is 2.21. The van der Waals surface area contributed by atoms with Crippen molar-refractivity contribution in [2.24, 2.45) is 5.73 Å². The van der Waals surface area contributed by atoms with Gasteiger partial charge in [-0.05, 0) is 40.3 Å². The van der Waals surface area contributed by atoms with Crippen LogP contribution in [0.25, 0.3) is 0 Å². The first-order valence-electron chi connectivity index (χ1n) is 8.28. The summed E-state index contributed by atoms with van der Waals surface area (Å²) in [5.41, 5.74) is 4.08. The van der Waals surface area contributed by atoms with E-state index >= 15 is 4.39 Å². The van der Waals surface area contributed by atoms with E-state index in [0.717, 1.165) is 9.38 Å². The number of rotatable bonds is 4. The number of alkyl halides is 1. The van der Waals surface area contributed by atoms with Gasteiger partial charge in [0.2, 0.25) is 5.67 Å². The molecule has 1 heterocycles. The number of carbonyl (C=O) groups excluding carboxylic acids is 1. The van der Waals surface area contributed by atoms with Crippen LogP contribution in [0.2, 0.25) is 0 Å². The molecule has 0 saturated carbocycles. The Kier molecular flexibility index (Phi) is 5.77. The average molecular weight is 429 g/mol. The van der Waals surface area contributed by atoms with Gasteiger partial charge in [0.15, 0.2) is 0 Å². The highest BCUT2D eigenvalue weighted by atomic mass is 79.9. The molecule has 1 amide bonds. The van der Waals surface area contributed by atoms with Crippen molar-refractivity contribution in [3.8, 4) is 0 Å². The molecule has 25 heavy (non-hydrogen) atoms. The van der Waals surface area contributed by atoms with Crippen LogP contribution in [0.5, 0.6) is 0 Å². The lowest BCUT2D eigenvalue weighted by molar-refractivity contribution is -0.138. The minimum absolute atomic E-state index is 0.0490. The quantitative estimate of drug-likeness (QED) is 0.748. The van der Waals surface area contributed by atoms with Crippen molar-refractivity contribution in [1.29, 1.82) is 0 Å². The first-order chi connectivity index (χ1) is 11.4. The SMILES string of the molecule is CNC(=O)C(F)(c1ccc(C(C)(C)C)cc1)[C@](C)(N)C1CC=C(Br)S1. The number of nitrogens with one attached hydrogen (secondary N) is 1. The summed E-state index contributed by atoms with van der Waals surface area (Å²) in [6, 6.07) is 7.11. The number of hydrogen-bond acceptors (Lipinski definition) is 3. The number of allylic oxidation sites excluding steroid dienone is 1. The zero-order valence-electron chi connectivity index (χ0n) is 15.3. The van der Waals surface area contributed by atoms with Crippen molar-refractivity contribution < 1.29 is 9.18 Å².